The second-order valence-electron chi connectivity index (χ2n) is 8.26. The molecule has 1 amide bonds. The molecule has 0 atom stereocenters. The van der Waals surface area contributed by atoms with Gasteiger partial charge in [-0.25, -0.2) is 9.65 Å². The van der Waals surface area contributed by atoms with E-state index in [2.05, 4.69) is 10.2 Å². The molecule has 0 spiro atoms. The van der Waals surface area contributed by atoms with Crippen molar-refractivity contribution in [1.82, 2.24) is 9.88 Å². The van der Waals surface area contributed by atoms with Crippen LogP contribution in [0.3, 0.4) is 0 Å². The summed E-state index contributed by atoms with van der Waals surface area (Å²) < 4.78 is 26.8. The summed E-state index contributed by atoms with van der Waals surface area (Å²) in [6, 6.07) is 11.8. The first-order valence-corrected chi connectivity index (χ1v) is 11.0. The van der Waals surface area contributed by atoms with E-state index in [0.717, 1.165) is 33.5 Å². The van der Waals surface area contributed by atoms with Gasteiger partial charge in [-0.1, -0.05) is 6.07 Å². The second kappa shape index (κ2) is 10.1. The van der Waals surface area contributed by atoms with Gasteiger partial charge in [0.15, 0.2) is 11.5 Å². The molecule has 1 aromatic heterocycles. The number of allylic oxidation sites excluding steroid dienone is 2. The van der Waals surface area contributed by atoms with Gasteiger partial charge < -0.3 is 24.2 Å². The topological polar surface area (TPSA) is 82.0 Å². The second-order valence-corrected chi connectivity index (χ2v) is 8.26. The van der Waals surface area contributed by atoms with Gasteiger partial charge in [0.2, 0.25) is 11.7 Å². The number of benzene rings is 2. The number of halogens is 1. The number of ether oxygens (including phenoxy) is 2. The largest absolute Gasteiger partial charge is 0.493 e. The van der Waals surface area contributed by atoms with Gasteiger partial charge >= 0.3 is 0 Å². The van der Waals surface area contributed by atoms with E-state index < -0.39 is 0 Å². The summed E-state index contributed by atoms with van der Waals surface area (Å²) in [4.78, 5) is 17.2. The number of hydrogen-bond acceptors (Lipinski definition) is 5. The summed E-state index contributed by atoms with van der Waals surface area (Å²) in [7, 11) is 4.84. The number of rotatable bonds is 8. The van der Waals surface area contributed by atoms with Crippen molar-refractivity contribution in [2.75, 3.05) is 14.2 Å². The Morgan fingerprint density at radius 3 is 2.43 bits per heavy atom. The zero-order valence-electron chi connectivity index (χ0n) is 20.0. The number of nitrogens with zero attached hydrogens (tertiary/aromatic N) is 1. The number of methoxy groups -OCH3 is 2. The number of nitrogens with one attached hydrogen (secondary N) is 1. The van der Waals surface area contributed by atoms with Gasteiger partial charge in [-0.05, 0) is 82.8 Å². The average molecular weight is 479 g/mol. The predicted octanol–water partition coefficient (Wildman–Crippen LogP) is 5.07. The highest BCUT2D eigenvalue weighted by Gasteiger charge is 2.26. The van der Waals surface area contributed by atoms with Crippen LogP contribution >= 0.6 is 0 Å². The molecule has 3 aromatic rings. The lowest BCUT2D eigenvalue weighted by atomic mass is 10.00. The standard InChI is InChI=1S/C27H27FN2O5/c1-16-21(10-17-11-24(33-3)27(35-32)25(12-17)34-4)20-8-7-18(28)13-23(20)22(16)14-26(31)29-15-19-6-5-9-30(19)2/h5-13,32H,14-15H2,1-4H3,(H,29,31)/b21-10-. The zero-order valence-corrected chi connectivity index (χ0v) is 20.0. The Bertz CT molecular complexity index is 1310. The van der Waals surface area contributed by atoms with Crippen molar-refractivity contribution in [2.45, 2.75) is 19.9 Å². The Morgan fingerprint density at radius 2 is 1.83 bits per heavy atom. The molecule has 0 unspecified atom stereocenters. The maximum absolute atomic E-state index is 14.2. The molecule has 7 nitrogen and oxygen atoms in total. The van der Waals surface area contributed by atoms with Gasteiger partial charge in [-0.15, -0.1) is 0 Å². The Kier molecular flexibility index (Phi) is 6.93. The third-order valence-corrected chi connectivity index (χ3v) is 6.19. The molecule has 182 valence electrons. The van der Waals surface area contributed by atoms with Crippen molar-refractivity contribution in [1.29, 1.82) is 0 Å². The van der Waals surface area contributed by atoms with Crippen molar-refractivity contribution < 1.29 is 28.8 Å². The molecule has 0 saturated heterocycles. The highest BCUT2D eigenvalue weighted by Crippen LogP contribution is 2.45. The maximum Gasteiger partial charge on any atom is 0.248 e. The molecule has 1 heterocycles. The summed E-state index contributed by atoms with van der Waals surface area (Å²) in [6.45, 7) is 2.33. The molecule has 0 fully saturated rings. The molecule has 0 aliphatic heterocycles. The van der Waals surface area contributed by atoms with Crippen molar-refractivity contribution >= 4 is 23.1 Å². The van der Waals surface area contributed by atoms with Gasteiger partial charge in [0.1, 0.15) is 5.82 Å². The Labute approximate surface area is 203 Å². The monoisotopic (exact) mass is 478 g/mol. The van der Waals surface area contributed by atoms with Gasteiger partial charge in [0, 0.05) is 18.9 Å². The van der Waals surface area contributed by atoms with E-state index in [1.54, 1.807) is 18.2 Å². The van der Waals surface area contributed by atoms with Gasteiger partial charge in [-0.3, -0.25) is 4.79 Å². The Hall–Kier alpha value is -4.04. The molecule has 0 saturated carbocycles. The first kappa shape index (κ1) is 24.1. The van der Waals surface area contributed by atoms with Crippen LogP contribution in [-0.2, 0) is 18.4 Å². The lowest BCUT2D eigenvalue weighted by molar-refractivity contribution is -0.140. The van der Waals surface area contributed by atoms with Crippen LogP contribution in [0.25, 0.3) is 17.2 Å². The van der Waals surface area contributed by atoms with E-state index >= 15 is 0 Å². The molecular weight excluding hydrogens is 451 g/mol. The lowest BCUT2D eigenvalue weighted by Gasteiger charge is -2.12. The van der Waals surface area contributed by atoms with E-state index in [4.69, 9.17) is 9.47 Å². The van der Waals surface area contributed by atoms with Gasteiger partial charge in [0.05, 0.1) is 27.2 Å². The predicted molar refractivity (Wildman–Crippen MR) is 132 cm³/mol. The fourth-order valence-electron chi connectivity index (χ4n) is 4.31. The molecule has 1 aliphatic carbocycles. The van der Waals surface area contributed by atoms with Crippen LogP contribution in [0.15, 0.2) is 54.2 Å². The number of hydrogen-bond donors (Lipinski definition) is 2. The van der Waals surface area contributed by atoms with Crippen molar-refractivity contribution in [3.05, 3.63) is 82.4 Å². The molecule has 35 heavy (non-hydrogen) atoms. The van der Waals surface area contributed by atoms with E-state index in [9.17, 15) is 14.4 Å². The Balaban J connectivity index is 1.70. The summed E-state index contributed by atoms with van der Waals surface area (Å²) in [5, 5.41) is 12.2. The lowest BCUT2D eigenvalue weighted by Crippen LogP contribution is -2.23. The average Bonchev–Trinajstić information content (AvgIpc) is 3.37. The molecular formula is C27H27FN2O5. The van der Waals surface area contributed by atoms with Crippen LogP contribution in [0, 0.1) is 5.82 Å². The van der Waals surface area contributed by atoms with E-state index in [-0.39, 0.29) is 35.4 Å². The molecule has 1 aliphatic rings. The van der Waals surface area contributed by atoms with E-state index in [0.29, 0.717) is 12.1 Å². The van der Waals surface area contributed by atoms with E-state index in [1.807, 2.05) is 42.9 Å². The molecule has 2 aromatic carbocycles. The molecule has 8 heteroatoms. The van der Waals surface area contributed by atoms with Crippen molar-refractivity contribution in [2.24, 2.45) is 7.05 Å². The van der Waals surface area contributed by atoms with Crippen LogP contribution in [0.5, 0.6) is 17.2 Å². The normalized spacial score (nSPS) is 13.7. The summed E-state index contributed by atoms with van der Waals surface area (Å²) in [5.41, 5.74) is 5.72. The van der Waals surface area contributed by atoms with Gasteiger partial charge in [-0.2, -0.15) is 0 Å². The maximum atomic E-state index is 14.2. The van der Waals surface area contributed by atoms with Crippen LogP contribution in [0.4, 0.5) is 4.39 Å². The summed E-state index contributed by atoms with van der Waals surface area (Å²) >= 11 is 0. The first-order chi connectivity index (χ1) is 16.9. The molecule has 0 radical (unpaired) electrons. The summed E-state index contributed by atoms with van der Waals surface area (Å²) in [6.07, 6.45) is 3.95. The molecule has 2 N–H and O–H groups in total. The Morgan fingerprint density at radius 1 is 1.11 bits per heavy atom. The molecule has 4 rings (SSSR count). The molecule has 0 bridgehead atoms. The van der Waals surface area contributed by atoms with Crippen LogP contribution < -0.4 is 19.7 Å². The van der Waals surface area contributed by atoms with Crippen LogP contribution in [0.1, 0.15) is 35.7 Å². The van der Waals surface area contributed by atoms with Gasteiger partial charge in [0.25, 0.3) is 0 Å². The smallest absolute Gasteiger partial charge is 0.248 e. The minimum absolute atomic E-state index is 0.0638. The number of carbonyl (C=O) groups excluding carboxylic acids is 1. The van der Waals surface area contributed by atoms with Crippen molar-refractivity contribution in [3.8, 4) is 17.2 Å². The third kappa shape index (κ3) is 4.79. The third-order valence-electron chi connectivity index (χ3n) is 6.19. The van der Waals surface area contributed by atoms with Crippen LogP contribution in [-0.4, -0.2) is 30.0 Å². The number of fused-ring (bicyclic) bond motifs is 1. The fourth-order valence-corrected chi connectivity index (χ4v) is 4.31. The first-order valence-electron chi connectivity index (χ1n) is 11.0. The number of aromatic nitrogens is 1. The summed E-state index contributed by atoms with van der Waals surface area (Å²) in [5.74, 6) is 0.127. The number of carbonyl (C=O) groups is 1. The van der Waals surface area contributed by atoms with Crippen LogP contribution in [0.2, 0.25) is 0 Å². The quantitative estimate of drug-likeness (QED) is 0.349. The zero-order chi connectivity index (χ0) is 25.1. The van der Waals surface area contributed by atoms with E-state index in [1.165, 1.54) is 26.4 Å². The SMILES string of the molecule is COc1cc(/C=C2/C(C)=C(CC(=O)NCc3cccn3C)c3cc(F)ccc32)cc(OC)c1OO. The fraction of sp³-hybridized carbons (Fsp3) is 0.222. The number of aryl methyl sites for hydroxylation is 1. The minimum atomic E-state index is -0.368. The van der Waals surface area contributed by atoms with Crippen molar-refractivity contribution in [3.63, 3.8) is 0 Å². The minimum Gasteiger partial charge on any atom is -0.493 e. The highest BCUT2D eigenvalue weighted by molar-refractivity contribution is 6.08. The number of amides is 1. The highest BCUT2D eigenvalue weighted by atomic mass is 19.1.